The van der Waals surface area contributed by atoms with Gasteiger partial charge in [-0.25, -0.2) is 4.79 Å². The minimum absolute atomic E-state index is 0.0890. The standard InChI is InChI=1S/C20H40N2O3/c1-17(2,3)21-15(23)19(7,8)13-11-12-14-20(9,10)22-16(24)25-18(4,5)6/h11-14H2,1-10H3,(H,21,23)(H,22,24). The largest absolute Gasteiger partial charge is 0.444 e. The second-order valence-electron chi connectivity index (χ2n) is 10.3. The van der Waals surface area contributed by atoms with E-state index in [9.17, 15) is 9.59 Å². The number of nitrogens with one attached hydrogen (secondary N) is 2. The van der Waals surface area contributed by atoms with E-state index in [-0.39, 0.29) is 23.1 Å². The number of hydrogen-bond acceptors (Lipinski definition) is 3. The third-order valence-electron chi connectivity index (χ3n) is 3.80. The molecule has 0 saturated carbocycles. The summed E-state index contributed by atoms with van der Waals surface area (Å²) in [5.74, 6) is 0.0890. The molecule has 5 heteroatoms. The molecule has 2 N–H and O–H groups in total. The molecule has 0 rings (SSSR count). The fourth-order valence-corrected chi connectivity index (χ4v) is 2.40. The van der Waals surface area contributed by atoms with Crippen molar-refractivity contribution in [1.29, 1.82) is 0 Å². The van der Waals surface area contributed by atoms with E-state index >= 15 is 0 Å². The molecule has 0 spiro atoms. The Morgan fingerprint density at radius 2 is 1.24 bits per heavy atom. The summed E-state index contributed by atoms with van der Waals surface area (Å²) in [6.45, 7) is 19.5. The van der Waals surface area contributed by atoms with Gasteiger partial charge in [0.2, 0.25) is 5.91 Å². The first-order valence-electron chi connectivity index (χ1n) is 9.27. The van der Waals surface area contributed by atoms with Crippen LogP contribution in [-0.4, -0.2) is 28.7 Å². The van der Waals surface area contributed by atoms with Crippen LogP contribution >= 0.6 is 0 Å². The van der Waals surface area contributed by atoms with E-state index in [1.807, 2.05) is 69.2 Å². The van der Waals surface area contributed by atoms with Crippen molar-refractivity contribution in [3.8, 4) is 0 Å². The normalized spacial score (nSPS) is 13.4. The summed E-state index contributed by atoms with van der Waals surface area (Å²) in [5.41, 5.74) is -1.44. The van der Waals surface area contributed by atoms with E-state index in [1.54, 1.807) is 0 Å². The van der Waals surface area contributed by atoms with E-state index in [2.05, 4.69) is 10.6 Å². The minimum Gasteiger partial charge on any atom is -0.444 e. The molecule has 148 valence electrons. The lowest BCUT2D eigenvalue weighted by Gasteiger charge is -2.31. The minimum atomic E-state index is -0.495. The van der Waals surface area contributed by atoms with Crippen molar-refractivity contribution in [2.24, 2.45) is 5.41 Å². The van der Waals surface area contributed by atoms with E-state index < -0.39 is 11.0 Å². The SMILES string of the molecule is CC(C)(C)NC(=O)C(C)(C)CCCCC(C)(C)NC(=O)OC(C)(C)C. The van der Waals surface area contributed by atoms with Crippen LogP contribution in [-0.2, 0) is 9.53 Å². The number of rotatable bonds is 7. The molecule has 0 fully saturated rings. The number of alkyl carbamates (subject to hydrolysis) is 1. The number of hydrogen-bond donors (Lipinski definition) is 2. The van der Waals surface area contributed by atoms with E-state index in [4.69, 9.17) is 4.74 Å². The molecule has 0 radical (unpaired) electrons. The first-order valence-corrected chi connectivity index (χ1v) is 9.27. The second kappa shape index (κ2) is 8.41. The molecule has 5 nitrogen and oxygen atoms in total. The average molecular weight is 357 g/mol. The van der Waals surface area contributed by atoms with Gasteiger partial charge in [-0.1, -0.05) is 26.7 Å². The van der Waals surface area contributed by atoms with E-state index in [0.717, 1.165) is 25.7 Å². The molecule has 0 atom stereocenters. The first-order chi connectivity index (χ1) is 10.9. The van der Waals surface area contributed by atoms with Gasteiger partial charge in [-0.2, -0.15) is 0 Å². The quantitative estimate of drug-likeness (QED) is 0.644. The first kappa shape index (κ1) is 23.7. The van der Waals surface area contributed by atoms with Crippen LogP contribution in [0.3, 0.4) is 0 Å². The van der Waals surface area contributed by atoms with Gasteiger partial charge in [0.25, 0.3) is 0 Å². The molecule has 0 bridgehead atoms. The van der Waals surface area contributed by atoms with Crippen LogP contribution in [0.4, 0.5) is 4.79 Å². The van der Waals surface area contributed by atoms with Gasteiger partial charge in [-0.05, 0) is 68.2 Å². The zero-order chi connectivity index (χ0) is 20.1. The summed E-state index contributed by atoms with van der Waals surface area (Å²) in [7, 11) is 0. The smallest absolute Gasteiger partial charge is 0.408 e. The molecule has 0 saturated heterocycles. The second-order valence-corrected chi connectivity index (χ2v) is 10.3. The lowest BCUT2D eigenvalue weighted by Crippen LogP contribution is -2.47. The van der Waals surface area contributed by atoms with Gasteiger partial charge >= 0.3 is 6.09 Å². The summed E-state index contributed by atoms with van der Waals surface area (Å²) >= 11 is 0. The van der Waals surface area contributed by atoms with Crippen LogP contribution in [0, 0.1) is 5.41 Å². The Hall–Kier alpha value is -1.26. The van der Waals surface area contributed by atoms with Gasteiger partial charge in [0.15, 0.2) is 0 Å². The van der Waals surface area contributed by atoms with Gasteiger partial charge in [0, 0.05) is 16.5 Å². The Kier molecular flexibility index (Phi) is 7.99. The summed E-state index contributed by atoms with van der Waals surface area (Å²) in [4.78, 5) is 24.3. The molecule has 2 amide bonds. The Balaban J connectivity index is 4.33. The van der Waals surface area contributed by atoms with Crippen molar-refractivity contribution in [2.45, 2.75) is 112 Å². The molecular formula is C20H40N2O3. The molecule has 25 heavy (non-hydrogen) atoms. The molecule has 0 aromatic rings. The maximum absolute atomic E-state index is 12.4. The van der Waals surface area contributed by atoms with Crippen molar-refractivity contribution >= 4 is 12.0 Å². The van der Waals surface area contributed by atoms with Gasteiger partial charge in [-0.3, -0.25) is 4.79 Å². The van der Waals surface area contributed by atoms with Gasteiger partial charge < -0.3 is 15.4 Å². The maximum Gasteiger partial charge on any atom is 0.408 e. The van der Waals surface area contributed by atoms with Crippen LogP contribution < -0.4 is 10.6 Å². The number of ether oxygens (including phenoxy) is 1. The predicted molar refractivity (Wildman–Crippen MR) is 104 cm³/mol. The predicted octanol–water partition coefficient (Wildman–Crippen LogP) is 4.79. The van der Waals surface area contributed by atoms with Crippen molar-refractivity contribution in [2.75, 3.05) is 0 Å². The molecule has 0 heterocycles. The van der Waals surface area contributed by atoms with Crippen molar-refractivity contribution in [3.63, 3.8) is 0 Å². The molecule has 0 aliphatic rings. The van der Waals surface area contributed by atoms with Crippen molar-refractivity contribution in [3.05, 3.63) is 0 Å². The molecule has 0 aliphatic carbocycles. The van der Waals surface area contributed by atoms with Crippen molar-refractivity contribution in [1.82, 2.24) is 10.6 Å². The molecule has 0 aliphatic heterocycles. The Labute approximate surface area is 154 Å². The van der Waals surface area contributed by atoms with Gasteiger partial charge in [-0.15, -0.1) is 0 Å². The van der Waals surface area contributed by atoms with Gasteiger partial charge in [0.05, 0.1) is 0 Å². The highest BCUT2D eigenvalue weighted by atomic mass is 16.6. The molecule has 0 aromatic carbocycles. The van der Waals surface area contributed by atoms with E-state index in [1.165, 1.54) is 0 Å². The molecule has 0 unspecified atom stereocenters. The number of carbonyl (C=O) groups is 2. The zero-order valence-electron chi connectivity index (χ0n) is 18.1. The highest BCUT2D eigenvalue weighted by Crippen LogP contribution is 2.26. The monoisotopic (exact) mass is 356 g/mol. The number of carbonyl (C=O) groups excluding carboxylic acids is 2. The Morgan fingerprint density at radius 1 is 0.760 bits per heavy atom. The topological polar surface area (TPSA) is 67.4 Å². The maximum atomic E-state index is 12.4. The van der Waals surface area contributed by atoms with Crippen LogP contribution in [0.15, 0.2) is 0 Å². The summed E-state index contributed by atoms with van der Waals surface area (Å²) in [6, 6.07) is 0. The average Bonchev–Trinajstić information content (AvgIpc) is 2.29. The lowest BCUT2D eigenvalue weighted by molar-refractivity contribution is -0.131. The van der Waals surface area contributed by atoms with Crippen LogP contribution in [0.5, 0.6) is 0 Å². The summed E-state index contributed by atoms with van der Waals surface area (Å²) < 4.78 is 5.31. The Morgan fingerprint density at radius 3 is 1.68 bits per heavy atom. The molecular weight excluding hydrogens is 316 g/mol. The summed E-state index contributed by atoms with van der Waals surface area (Å²) in [5, 5.41) is 5.98. The Bertz CT molecular complexity index is 455. The fourth-order valence-electron chi connectivity index (χ4n) is 2.40. The van der Waals surface area contributed by atoms with Crippen LogP contribution in [0.25, 0.3) is 0 Å². The van der Waals surface area contributed by atoms with Crippen molar-refractivity contribution < 1.29 is 14.3 Å². The van der Waals surface area contributed by atoms with E-state index in [0.29, 0.717) is 0 Å². The summed E-state index contributed by atoms with van der Waals surface area (Å²) in [6.07, 6.45) is 3.14. The van der Waals surface area contributed by atoms with Gasteiger partial charge in [0.1, 0.15) is 5.60 Å². The zero-order valence-corrected chi connectivity index (χ0v) is 18.1. The number of amides is 2. The third-order valence-corrected chi connectivity index (χ3v) is 3.80. The third kappa shape index (κ3) is 11.8. The fraction of sp³-hybridized carbons (Fsp3) is 0.900. The molecule has 0 aromatic heterocycles. The van der Waals surface area contributed by atoms with Crippen LogP contribution in [0.1, 0.15) is 94.9 Å². The number of unbranched alkanes of at least 4 members (excludes halogenated alkanes) is 1. The van der Waals surface area contributed by atoms with Crippen LogP contribution in [0.2, 0.25) is 0 Å². The lowest BCUT2D eigenvalue weighted by atomic mass is 9.84. The highest BCUT2D eigenvalue weighted by molar-refractivity contribution is 5.82. The highest BCUT2D eigenvalue weighted by Gasteiger charge is 2.30.